The Kier molecular flexibility index (Phi) is 25.1. The lowest BCUT2D eigenvalue weighted by atomic mass is 9.91. The molecule has 0 spiro atoms. The number of amides is 2. The molecule has 16 heteroatoms. The SMILES string of the molecule is CC(C)C(NC(=O)[C@@H](N)C(C)C)C(=O)CC[C@@H](O)CP(=O)(O)CC1CCCCC1.CC(C)[C@H](N)C(=O)N[C@@H](C(=O)CC[C@@H](O)CP(=O)(O)CC1CCCCC1)C(C)C. The summed E-state index contributed by atoms with van der Waals surface area (Å²) >= 11 is 0. The molecular weight excluding hydrogens is 782 g/mol. The van der Waals surface area contributed by atoms with Crippen molar-refractivity contribution < 1.29 is 48.3 Å². The van der Waals surface area contributed by atoms with Gasteiger partial charge in [-0.15, -0.1) is 0 Å². The van der Waals surface area contributed by atoms with Gasteiger partial charge < -0.3 is 42.1 Å². The van der Waals surface area contributed by atoms with Crippen molar-refractivity contribution in [2.75, 3.05) is 24.6 Å². The third-order valence-corrected chi connectivity index (χ3v) is 15.8. The number of aliphatic hydroxyl groups excluding tert-OH is 2. The molecule has 340 valence electrons. The molecule has 2 amide bonds. The fourth-order valence-corrected chi connectivity index (χ4v) is 12.1. The molecule has 2 fully saturated rings. The number of ketones is 2. The van der Waals surface area contributed by atoms with Gasteiger partial charge in [0.15, 0.2) is 11.6 Å². The van der Waals surface area contributed by atoms with Gasteiger partial charge in [-0.3, -0.25) is 28.3 Å². The first-order chi connectivity index (χ1) is 26.9. The van der Waals surface area contributed by atoms with Crippen molar-refractivity contribution in [3.63, 3.8) is 0 Å². The lowest BCUT2D eigenvalue weighted by molar-refractivity contribution is -0.130. The van der Waals surface area contributed by atoms with Crippen molar-refractivity contribution in [1.29, 1.82) is 0 Å². The summed E-state index contributed by atoms with van der Waals surface area (Å²) in [4.78, 5) is 70.2. The van der Waals surface area contributed by atoms with Crippen LogP contribution in [0.1, 0.15) is 145 Å². The zero-order valence-electron chi connectivity index (χ0n) is 36.9. The van der Waals surface area contributed by atoms with Crippen molar-refractivity contribution in [3.8, 4) is 0 Å². The topological polar surface area (TPSA) is 259 Å². The van der Waals surface area contributed by atoms with Crippen LogP contribution in [0.5, 0.6) is 0 Å². The van der Waals surface area contributed by atoms with Gasteiger partial charge in [-0.25, -0.2) is 0 Å². The van der Waals surface area contributed by atoms with E-state index < -0.39 is 51.1 Å². The number of hydrogen-bond acceptors (Lipinski definition) is 10. The maximum absolute atomic E-state index is 12.6. The first-order valence-corrected chi connectivity index (χ1v) is 26.1. The Morgan fingerprint density at radius 1 is 0.552 bits per heavy atom. The van der Waals surface area contributed by atoms with E-state index in [9.17, 15) is 48.3 Å². The molecular formula is C42H82N4O10P2. The average molecular weight is 865 g/mol. The van der Waals surface area contributed by atoms with E-state index in [0.717, 1.165) is 51.4 Å². The van der Waals surface area contributed by atoms with E-state index in [1.165, 1.54) is 12.8 Å². The number of rotatable bonds is 24. The Bertz CT molecular complexity index is 1250. The van der Waals surface area contributed by atoms with Gasteiger partial charge in [-0.2, -0.15) is 0 Å². The average Bonchev–Trinajstić information content (AvgIpc) is 3.13. The Hall–Kier alpha value is -1.50. The smallest absolute Gasteiger partial charge is 0.237 e. The Morgan fingerprint density at radius 3 is 1.10 bits per heavy atom. The highest BCUT2D eigenvalue weighted by atomic mass is 31.2. The molecule has 0 heterocycles. The number of hydrogen-bond donors (Lipinski definition) is 8. The molecule has 8 atom stereocenters. The molecule has 3 unspecified atom stereocenters. The third-order valence-electron chi connectivity index (χ3n) is 11.6. The normalized spacial score (nSPS) is 20.9. The van der Waals surface area contributed by atoms with E-state index in [1.807, 2.05) is 55.4 Å². The summed E-state index contributed by atoms with van der Waals surface area (Å²) in [6.45, 7) is 14.7. The minimum absolute atomic E-state index is 0.0393. The van der Waals surface area contributed by atoms with Crippen molar-refractivity contribution >= 4 is 38.1 Å². The molecule has 2 saturated carbocycles. The molecule has 2 rings (SSSR count). The molecule has 0 saturated heterocycles. The number of aliphatic hydroxyl groups is 2. The summed E-state index contributed by atoms with van der Waals surface area (Å²) in [6.07, 6.45) is 9.19. The van der Waals surface area contributed by atoms with Crippen LogP contribution in [-0.4, -0.2) is 104 Å². The lowest BCUT2D eigenvalue weighted by Gasteiger charge is -2.26. The molecule has 14 nitrogen and oxygen atoms in total. The van der Waals surface area contributed by atoms with Crippen LogP contribution in [0.3, 0.4) is 0 Å². The maximum atomic E-state index is 12.6. The van der Waals surface area contributed by atoms with Crippen LogP contribution >= 0.6 is 14.7 Å². The zero-order valence-corrected chi connectivity index (χ0v) is 38.7. The Balaban J connectivity index is 0.000000580. The predicted molar refractivity (Wildman–Crippen MR) is 232 cm³/mol. The molecule has 0 radical (unpaired) electrons. The molecule has 0 aromatic carbocycles. The van der Waals surface area contributed by atoms with Crippen LogP contribution in [0, 0.1) is 35.5 Å². The molecule has 0 aliphatic heterocycles. The van der Waals surface area contributed by atoms with Gasteiger partial charge in [-0.1, -0.05) is 93.9 Å². The first-order valence-electron chi connectivity index (χ1n) is 22.0. The highest BCUT2D eigenvalue weighted by molar-refractivity contribution is 7.58. The van der Waals surface area contributed by atoms with Gasteiger partial charge in [0.1, 0.15) is 0 Å². The molecule has 0 aromatic rings. The van der Waals surface area contributed by atoms with Crippen LogP contribution in [0.2, 0.25) is 0 Å². The van der Waals surface area contributed by atoms with Crippen molar-refractivity contribution in [2.24, 2.45) is 47.0 Å². The van der Waals surface area contributed by atoms with Crippen LogP contribution < -0.4 is 22.1 Å². The monoisotopic (exact) mass is 865 g/mol. The zero-order chi connectivity index (χ0) is 44.4. The highest BCUT2D eigenvalue weighted by Gasteiger charge is 2.33. The summed E-state index contributed by atoms with van der Waals surface area (Å²) in [7, 11) is -6.83. The number of nitrogens with one attached hydrogen (secondary N) is 2. The largest absolute Gasteiger partial charge is 0.393 e. The second kappa shape index (κ2) is 26.8. The predicted octanol–water partition coefficient (Wildman–Crippen LogP) is 5.34. The van der Waals surface area contributed by atoms with Gasteiger partial charge in [0.25, 0.3) is 0 Å². The fraction of sp³-hybridized carbons (Fsp3) is 0.905. The number of carbonyl (C=O) groups is 4. The van der Waals surface area contributed by atoms with Crippen LogP contribution in [0.4, 0.5) is 0 Å². The first kappa shape index (κ1) is 54.5. The standard InChI is InChI=1S/2C21H41N2O5P/c2*1-14(2)19(22)21(26)23-20(15(3)4)18(25)11-10-17(24)13-29(27,28)12-16-8-6-5-7-9-16/h2*14-17,19-20,24H,5-13,22H2,1-4H3,(H,23,26)(H,27,28)/t17-,19+,20?;17-,19+,20-/m11/s1. The van der Waals surface area contributed by atoms with E-state index in [2.05, 4.69) is 10.6 Å². The second-order valence-corrected chi connectivity index (χ2v) is 23.6. The van der Waals surface area contributed by atoms with E-state index in [0.29, 0.717) is 0 Å². The second-order valence-electron chi connectivity index (χ2n) is 18.7. The van der Waals surface area contributed by atoms with Gasteiger partial charge in [0, 0.05) is 25.2 Å². The molecule has 0 bridgehead atoms. The van der Waals surface area contributed by atoms with Crippen LogP contribution in [0.15, 0.2) is 0 Å². The minimum Gasteiger partial charge on any atom is -0.393 e. The molecule has 10 N–H and O–H groups in total. The summed E-state index contributed by atoms with van der Waals surface area (Å²) < 4.78 is 25.0. The molecule has 0 aromatic heterocycles. The van der Waals surface area contributed by atoms with Crippen molar-refractivity contribution in [1.82, 2.24) is 10.6 Å². The number of Topliss-reactive ketones (excluding diaryl/α,β-unsaturated/α-hetero) is 2. The van der Waals surface area contributed by atoms with E-state index in [4.69, 9.17) is 11.5 Å². The van der Waals surface area contributed by atoms with Crippen molar-refractivity contribution in [3.05, 3.63) is 0 Å². The van der Waals surface area contributed by atoms with E-state index >= 15 is 0 Å². The van der Waals surface area contributed by atoms with Gasteiger partial charge in [0.05, 0.1) is 48.7 Å². The molecule has 2 aliphatic carbocycles. The maximum Gasteiger partial charge on any atom is 0.237 e. The quantitative estimate of drug-likeness (QED) is 0.0572. The van der Waals surface area contributed by atoms with Crippen LogP contribution in [0.25, 0.3) is 0 Å². The summed E-state index contributed by atoms with van der Waals surface area (Å²) in [6, 6.07) is -2.73. The van der Waals surface area contributed by atoms with Gasteiger partial charge in [-0.05, 0) is 74.0 Å². The summed E-state index contributed by atoms with van der Waals surface area (Å²) in [5.74, 6) is -0.883. The highest BCUT2D eigenvalue weighted by Crippen LogP contribution is 2.47. The molecule has 2 aliphatic rings. The van der Waals surface area contributed by atoms with E-state index in [1.54, 1.807) is 0 Å². The minimum atomic E-state index is -3.41. The van der Waals surface area contributed by atoms with E-state index in [-0.39, 0.29) is 109 Å². The third kappa shape index (κ3) is 21.8. The molecule has 58 heavy (non-hydrogen) atoms. The van der Waals surface area contributed by atoms with Crippen LogP contribution in [-0.2, 0) is 28.3 Å². The number of nitrogens with two attached hydrogens (primary N) is 2. The summed E-state index contributed by atoms with van der Waals surface area (Å²) in [5, 5.41) is 25.9. The fourth-order valence-electron chi connectivity index (χ4n) is 7.81. The Morgan fingerprint density at radius 2 is 0.845 bits per heavy atom. The lowest BCUT2D eigenvalue weighted by Crippen LogP contribution is -2.52. The number of carbonyl (C=O) groups excluding carboxylic acids is 4. The summed E-state index contributed by atoms with van der Waals surface area (Å²) in [5.41, 5.74) is 11.7. The van der Waals surface area contributed by atoms with Gasteiger partial charge in [0.2, 0.25) is 26.6 Å². The van der Waals surface area contributed by atoms with Gasteiger partial charge >= 0.3 is 0 Å². The van der Waals surface area contributed by atoms with Crippen molar-refractivity contribution in [2.45, 2.75) is 182 Å². The Labute approximate surface area is 349 Å².